The maximum atomic E-state index is 13.1. The van der Waals surface area contributed by atoms with E-state index in [1.165, 1.54) is 4.90 Å². The van der Waals surface area contributed by atoms with Crippen LogP contribution in [0.15, 0.2) is 65.3 Å². The van der Waals surface area contributed by atoms with Gasteiger partial charge in [0, 0.05) is 39.6 Å². The molecule has 1 heterocycles. The second-order valence-corrected chi connectivity index (χ2v) is 8.00. The Morgan fingerprint density at radius 1 is 0.909 bits per heavy atom. The molecule has 0 aromatic heterocycles. The summed E-state index contributed by atoms with van der Waals surface area (Å²) in [6.45, 7) is 1.80. The molecule has 0 radical (unpaired) electrons. The van der Waals surface area contributed by atoms with E-state index < -0.39 is 5.97 Å². The largest absolute Gasteiger partial charge is 0.465 e. The molecule has 2 aromatic rings. The van der Waals surface area contributed by atoms with Crippen LogP contribution in [0.5, 0.6) is 0 Å². The highest BCUT2D eigenvalue weighted by Gasteiger charge is 2.30. The number of aliphatic imine (C=N–C) groups is 1. The Labute approximate surface area is 195 Å². The van der Waals surface area contributed by atoms with Crippen LogP contribution in [0.3, 0.4) is 0 Å². The SMILES string of the molecule is CCOC(=O)CN1C(=O)/C(=C\c2ccc(N(C)C)cc2)N=C1/C=C/c1ccc(N(C)C)cc1. The first-order valence-electron chi connectivity index (χ1n) is 10.8. The van der Waals surface area contributed by atoms with Gasteiger partial charge in [0.05, 0.1) is 6.61 Å². The Balaban J connectivity index is 1.88. The Kier molecular flexibility index (Phi) is 7.66. The Morgan fingerprint density at radius 3 is 1.97 bits per heavy atom. The molecule has 0 atom stereocenters. The van der Waals surface area contributed by atoms with Crippen LogP contribution in [0.2, 0.25) is 0 Å². The van der Waals surface area contributed by atoms with Gasteiger partial charge in [-0.3, -0.25) is 14.5 Å². The number of hydrogen-bond donors (Lipinski definition) is 0. The second-order valence-electron chi connectivity index (χ2n) is 8.00. The fourth-order valence-corrected chi connectivity index (χ4v) is 3.26. The molecule has 3 rings (SSSR count). The first kappa shape index (κ1) is 23.8. The molecule has 2 aromatic carbocycles. The van der Waals surface area contributed by atoms with Crippen molar-refractivity contribution in [1.82, 2.24) is 4.90 Å². The number of benzene rings is 2. The molecule has 1 aliphatic heterocycles. The summed E-state index contributed by atoms with van der Waals surface area (Å²) in [5.41, 5.74) is 4.25. The monoisotopic (exact) mass is 446 g/mol. The van der Waals surface area contributed by atoms with Crippen LogP contribution in [0.25, 0.3) is 12.2 Å². The van der Waals surface area contributed by atoms with Gasteiger partial charge in [-0.2, -0.15) is 0 Å². The number of anilines is 2. The molecule has 0 fully saturated rings. The van der Waals surface area contributed by atoms with E-state index in [2.05, 4.69) is 4.99 Å². The molecule has 172 valence electrons. The van der Waals surface area contributed by atoms with Crippen LogP contribution in [0.1, 0.15) is 18.1 Å². The summed E-state index contributed by atoms with van der Waals surface area (Å²) < 4.78 is 5.05. The number of amidine groups is 1. The highest BCUT2D eigenvalue weighted by molar-refractivity contribution is 6.19. The van der Waals surface area contributed by atoms with Crippen molar-refractivity contribution in [2.45, 2.75) is 6.92 Å². The van der Waals surface area contributed by atoms with E-state index in [1.54, 1.807) is 19.1 Å². The van der Waals surface area contributed by atoms with E-state index in [1.807, 2.05) is 92.6 Å². The van der Waals surface area contributed by atoms with Crippen molar-refractivity contribution in [3.05, 3.63) is 71.4 Å². The number of amides is 1. The summed E-state index contributed by atoms with van der Waals surface area (Å²) in [6, 6.07) is 15.8. The molecule has 0 bridgehead atoms. The average molecular weight is 447 g/mol. The molecule has 0 N–H and O–H groups in total. The van der Waals surface area contributed by atoms with Crippen LogP contribution in [0.4, 0.5) is 11.4 Å². The van der Waals surface area contributed by atoms with E-state index in [4.69, 9.17) is 4.74 Å². The van der Waals surface area contributed by atoms with E-state index in [9.17, 15) is 9.59 Å². The number of ether oxygens (including phenoxy) is 1. The fraction of sp³-hybridized carbons (Fsp3) is 0.269. The minimum absolute atomic E-state index is 0.188. The van der Waals surface area contributed by atoms with Gasteiger partial charge in [-0.15, -0.1) is 0 Å². The van der Waals surface area contributed by atoms with Crippen LogP contribution < -0.4 is 9.80 Å². The standard InChI is InChI=1S/C26H30N4O3/c1-6-33-25(31)18-30-24(16-11-19-7-12-21(13-8-19)28(2)3)27-23(26(30)32)17-20-9-14-22(15-10-20)29(4)5/h7-17H,6,18H2,1-5H3/b16-11+,23-17+. The number of hydrogen-bond acceptors (Lipinski definition) is 6. The van der Waals surface area contributed by atoms with E-state index in [0.717, 1.165) is 22.5 Å². The van der Waals surface area contributed by atoms with Gasteiger partial charge in [-0.25, -0.2) is 4.99 Å². The van der Waals surface area contributed by atoms with Gasteiger partial charge in [0.2, 0.25) is 0 Å². The van der Waals surface area contributed by atoms with Crippen molar-refractivity contribution in [3.63, 3.8) is 0 Å². The number of rotatable bonds is 8. The summed E-state index contributed by atoms with van der Waals surface area (Å²) in [6.07, 6.45) is 5.35. The number of nitrogens with zero attached hydrogens (tertiary/aromatic N) is 4. The Hall–Kier alpha value is -3.87. The lowest BCUT2D eigenvalue weighted by Gasteiger charge is -2.15. The van der Waals surface area contributed by atoms with E-state index >= 15 is 0 Å². The van der Waals surface area contributed by atoms with Crippen molar-refractivity contribution < 1.29 is 14.3 Å². The molecule has 7 heteroatoms. The van der Waals surface area contributed by atoms with Gasteiger partial charge in [0.15, 0.2) is 0 Å². The molecule has 0 saturated heterocycles. The van der Waals surface area contributed by atoms with Crippen LogP contribution >= 0.6 is 0 Å². The zero-order chi connectivity index (χ0) is 24.0. The average Bonchev–Trinajstić information content (AvgIpc) is 3.07. The summed E-state index contributed by atoms with van der Waals surface area (Å²) >= 11 is 0. The van der Waals surface area contributed by atoms with Crippen LogP contribution in [0, 0.1) is 0 Å². The topological polar surface area (TPSA) is 65.5 Å². The summed E-state index contributed by atoms with van der Waals surface area (Å²) in [7, 11) is 7.91. The minimum atomic E-state index is -0.473. The summed E-state index contributed by atoms with van der Waals surface area (Å²) in [4.78, 5) is 35.1. The molecule has 33 heavy (non-hydrogen) atoms. The van der Waals surface area contributed by atoms with Crippen molar-refractivity contribution >= 4 is 41.2 Å². The quantitative estimate of drug-likeness (QED) is 0.457. The van der Waals surface area contributed by atoms with Gasteiger partial charge in [-0.1, -0.05) is 30.3 Å². The van der Waals surface area contributed by atoms with Crippen LogP contribution in [-0.2, 0) is 14.3 Å². The summed E-state index contributed by atoms with van der Waals surface area (Å²) in [5, 5.41) is 0. The number of esters is 1. The molecule has 0 saturated carbocycles. The molecule has 7 nitrogen and oxygen atoms in total. The smallest absolute Gasteiger partial charge is 0.326 e. The third kappa shape index (κ3) is 6.10. The molecule has 0 unspecified atom stereocenters. The first-order valence-corrected chi connectivity index (χ1v) is 10.8. The zero-order valence-electron chi connectivity index (χ0n) is 19.8. The highest BCUT2D eigenvalue weighted by atomic mass is 16.5. The third-order valence-corrected chi connectivity index (χ3v) is 5.12. The maximum absolute atomic E-state index is 13.1. The lowest BCUT2D eigenvalue weighted by atomic mass is 10.1. The van der Waals surface area contributed by atoms with E-state index in [-0.39, 0.29) is 24.8 Å². The third-order valence-electron chi connectivity index (χ3n) is 5.12. The molecule has 1 amide bonds. The predicted molar refractivity (Wildman–Crippen MR) is 134 cm³/mol. The molecular formula is C26H30N4O3. The molecule has 0 aliphatic carbocycles. The Morgan fingerprint density at radius 2 is 1.45 bits per heavy atom. The minimum Gasteiger partial charge on any atom is -0.465 e. The Bertz CT molecular complexity index is 1080. The fourth-order valence-electron chi connectivity index (χ4n) is 3.26. The van der Waals surface area contributed by atoms with Gasteiger partial charge in [0.1, 0.15) is 18.1 Å². The number of carbonyl (C=O) groups excluding carboxylic acids is 2. The normalized spacial score (nSPS) is 14.7. The maximum Gasteiger partial charge on any atom is 0.326 e. The molecule has 0 spiro atoms. The molecule has 1 aliphatic rings. The first-order chi connectivity index (χ1) is 15.8. The number of carbonyl (C=O) groups is 2. The highest BCUT2D eigenvalue weighted by Crippen LogP contribution is 2.21. The van der Waals surface area contributed by atoms with Gasteiger partial charge >= 0.3 is 5.97 Å². The van der Waals surface area contributed by atoms with Crippen molar-refractivity contribution in [3.8, 4) is 0 Å². The lowest BCUT2D eigenvalue weighted by molar-refractivity contribution is -0.145. The lowest BCUT2D eigenvalue weighted by Crippen LogP contribution is -2.36. The van der Waals surface area contributed by atoms with Gasteiger partial charge in [-0.05, 0) is 54.5 Å². The predicted octanol–water partition coefficient (Wildman–Crippen LogP) is 3.68. The van der Waals surface area contributed by atoms with Crippen molar-refractivity contribution in [2.24, 2.45) is 4.99 Å². The van der Waals surface area contributed by atoms with Crippen molar-refractivity contribution in [1.29, 1.82) is 0 Å². The zero-order valence-corrected chi connectivity index (χ0v) is 19.8. The van der Waals surface area contributed by atoms with Crippen LogP contribution in [-0.4, -0.2) is 64.0 Å². The summed E-state index contributed by atoms with van der Waals surface area (Å²) in [5.74, 6) is -0.401. The van der Waals surface area contributed by atoms with Crippen molar-refractivity contribution in [2.75, 3.05) is 51.1 Å². The molecular weight excluding hydrogens is 416 g/mol. The van der Waals surface area contributed by atoms with E-state index in [0.29, 0.717) is 5.84 Å². The van der Waals surface area contributed by atoms with Gasteiger partial charge in [0.25, 0.3) is 5.91 Å². The second kappa shape index (κ2) is 10.6. The van der Waals surface area contributed by atoms with Gasteiger partial charge < -0.3 is 14.5 Å².